The fraction of sp³-hybridized carbons (Fsp3) is 0.300. The molecule has 150 valence electrons. The van der Waals surface area contributed by atoms with E-state index in [2.05, 4.69) is 4.72 Å². The maximum atomic E-state index is 13.7. The number of halogens is 4. The summed E-state index contributed by atoms with van der Waals surface area (Å²) in [4.78, 5) is 0.396. The number of rotatable bonds is 6. The van der Waals surface area contributed by atoms with Crippen LogP contribution in [0.3, 0.4) is 0 Å². The lowest BCUT2D eigenvalue weighted by atomic mass is 10.1. The Morgan fingerprint density at radius 2 is 1.96 bits per heavy atom. The Kier molecular flexibility index (Phi) is 6.17. The molecule has 0 aliphatic carbocycles. The third-order valence-corrected chi connectivity index (χ3v) is 6.02. The molecule has 28 heavy (non-hydrogen) atoms. The van der Waals surface area contributed by atoms with Crippen molar-refractivity contribution in [1.82, 2.24) is 9.29 Å². The Balaban J connectivity index is 1.87. The zero-order valence-electron chi connectivity index (χ0n) is 15.5. The zero-order valence-corrected chi connectivity index (χ0v) is 17.1. The molecular formula is C20H21ClF3N3S. The fourth-order valence-corrected chi connectivity index (χ4v) is 4.35. The lowest BCUT2D eigenvalue weighted by Crippen LogP contribution is -2.42. The molecule has 8 heteroatoms. The van der Waals surface area contributed by atoms with Crippen LogP contribution in [0.1, 0.15) is 18.1 Å². The second-order valence-corrected chi connectivity index (χ2v) is 7.91. The number of fused-ring (bicyclic) bond motifs is 1. The monoisotopic (exact) mass is 427 g/mol. The predicted octanol–water partition coefficient (Wildman–Crippen LogP) is 5.98. The number of nitrogens with zero attached hydrogens (tertiary/aromatic N) is 1. The van der Waals surface area contributed by atoms with Gasteiger partial charge in [-0.15, -0.1) is 0 Å². The van der Waals surface area contributed by atoms with Crippen molar-refractivity contribution >= 4 is 40.1 Å². The number of nitrogens with one attached hydrogen (secondary N) is 1. The topological polar surface area (TPSA) is 43.0 Å². The normalized spacial score (nSPS) is 13.2. The first-order valence-electron chi connectivity index (χ1n) is 8.82. The Morgan fingerprint density at radius 1 is 1.25 bits per heavy atom. The van der Waals surface area contributed by atoms with E-state index in [-0.39, 0.29) is 6.54 Å². The first-order chi connectivity index (χ1) is 13.2. The van der Waals surface area contributed by atoms with E-state index >= 15 is 0 Å². The molecule has 1 aromatic heterocycles. The van der Waals surface area contributed by atoms with Gasteiger partial charge in [0.2, 0.25) is 0 Å². The average Bonchev–Trinajstić information content (AvgIpc) is 2.97. The van der Waals surface area contributed by atoms with Gasteiger partial charge < -0.3 is 10.3 Å². The van der Waals surface area contributed by atoms with Crippen LogP contribution in [0.25, 0.3) is 10.9 Å². The van der Waals surface area contributed by atoms with Gasteiger partial charge in [0.15, 0.2) is 0 Å². The van der Waals surface area contributed by atoms with Gasteiger partial charge in [-0.25, -0.2) is 4.72 Å². The van der Waals surface area contributed by atoms with Gasteiger partial charge in [-0.3, -0.25) is 0 Å². The van der Waals surface area contributed by atoms with E-state index < -0.39 is 12.2 Å². The minimum atomic E-state index is -4.43. The molecule has 2 aromatic carbocycles. The lowest BCUT2D eigenvalue weighted by molar-refractivity contribution is -0.153. The van der Waals surface area contributed by atoms with E-state index in [4.69, 9.17) is 17.3 Å². The molecule has 0 aliphatic rings. The second-order valence-electron chi connectivity index (χ2n) is 6.66. The minimum Gasteiger partial charge on any atom is -0.398 e. The van der Waals surface area contributed by atoms with Crippen LogP contribution in [-0.4, -0.2) is 16.8 Å². The van der Waals surface area contributed by atoms with Crippen LogP contribution in [0, 0.1) is 6.92 Å². The van der Waals surface area contributed by atoms with E-state index in [1.54, 1.807) is 22.9 Å². The molecule has 0 aliphatic heterocycles. The second kappa shape index (κ2) is 8.27. The molecule has 3 N–H and O–H groups in total. The number of hydrogen-bond acceptors (Lipinski definition) is 3. The summed E-state index contributed by atoms with van der Waals surface area (Å²) >= 11 is 6.98. The van der Waals surface area contributed by atoms with Crippen molar-refractivity contribution in [1.29, 1.82) is 0 Å². The van der Waals surface area contributed by atoms with Crippen molar-refractivity contribution in [3.8, 4) is 0 Å². The summed E-state index contributed by atoms with van der Waals surface area (Å²) in [5.74, 6) is 0. The Bertz CT molecular complexity index is 961. The quantitative estimate of drug-likeness (QED) is 0.376. The molecule has 1 heterocycles. The summed E-state index contributed by atoms with van der Waals surface area (Å²) < 4.78 is 45.3. The molecule has 3 aromatic rings. The molecule has 3 rings (SSSR count). The van der Waals surface area contributed by atoms with Gasteiger partial charge in [-0.05, 0) is 54.6 Å². The number of alkyl halides is 3. The van der Waals surface area contributed by atoms with Gasteiger partial charge in [0.05, 0.1) is 9.92 Å². The highest BCUT2D eigenvalue weighted by Crippen LogP contribution is 2.34. The van der Waals surface area contributed by atoms with Crippen LogP contribution in [0.4, 0.5) is 18.9 Å². The third-order valence-electron chi connectivity index (χ3n) is 4.55. The molecule has 0 amide bonds. The van der Waals surface area contributed by atoms with E-state index in [0.717, 1.165) is 40.4 Å². The number of benzene rings is 2. The number of nitrogens with two attached hydrogens (primary N) is 1. The van der Waals surface area contributed by atoms with Gasteiger partial charge in [0, 0.05) is 29.3 Å². The van der Waals surface area contributed by atoms with Crippen molar-refractivity contribution in [2.75, 3.05) is 5.73 Å². The highest BCUT2D eigenvalue weighted by atomic mass is 35.5. The first-order valence-corrected chi connectivity index (χ1v) is 10.0. The summed E-state index contributed by atoms with van der Waals surface area (Å²) in [6.07, 6.45) is -1.89. The largest absolute Gasteiger partial charge is 0.406 e. The van der Waals surface area contributed by atoms with Crippen molar-refractivity contribution in [2.24, 2.45) is 0 Å². The van der Waals surface area contributed by atoms with Gasteiger partial charge in [-0.2, -0.15) is 13.2 Å². The number of aromatic nitrogens is 1. The van der Waals surface area contributed by atoms with Gasteiger partial charge in [0.1, 0.15) is 6.04 Å². The van der Waals surface area contributed by atoms with Gasteiger partial charge in [0.25, 0.3) is 0 Å². The molecule has 3 nitrogen and oxygen atoms in total. The van der Waals surface area contributed by atoms with Crippen molar-refractivity contribution < 1.29 is 13.2 Å². The maximum absolute atomic E-state index is 13.7. The molecule has 1 unspecified atom stereocenters. The zero-order chi connectivity index (χ0) is 20.5. The molecule has 0 spiro atoms. The van der Waals surface area contributed by atoms with Crippen LogP contribution < -0.4 is 10.5 Å². The van der Waals surface area contributed by atoms with Crippen molar-refractivity contribution in [3.63, 3.8) is 0 Å². The average molecular weight is 428 g/mol. The number of anilines is 1. The molecular weight excluding hydrogens is 407 g/mol. The lowest BCUT2D eigenvalue weighted by Gasteiger charge is -2.23. The maximum Gasteiger partial charge on any atom is 0.406 e. The van der Waals surface area contributed by atoms with Crippen LogP contribution in [0.5, 0.6) is 0 Å². The summed E-state index contributed by atoms with van der Waals surface area (Å²) in [5.41, 5.74) is 8.94. The summed E-state index contributed by atoms with van der Waals surface area (Å²) in [7, 11) is 0. The van der Waals surface area contributed by atoms with Crippen LogP contribution >= 0.6 is 23.5 Å². The summed E-state index contributed by atoms with van der Waals surface area (Å²) in [5, 5.41) is 1.31. The smallest absolute Gasteiger partial charge is 0.398 e. The van der Waals surface area contributed by atoms with Crippen LogP contribution in [-0.2, 0) is 13.0 Å². The van der Waals surface area contributed by atoms with Crippen LogP contribution in [0.2, 0.25) is 5.02 Å². The van der Waals surface area contributed by atoms with Gasteiger partial charge in [-0.1, -0.05) is 36.7 Å². The molecule has 0 saturated carbocycles. The Hall–Kier alpha value is -1.83. The summed E-state index contributed by atoms with van der Waals surface area (Å²) in [6, 6.07) is 9.09. The van der Waals surface area contributed by atoms with Crippen LogP contribution in [0.15, 0.2) is 47.5 Å². The van der Waals surface area contributed by atoms with E-state index in [9.17, 15) is 13.2 Å². The van der Waals surface area contributed by atoms with Crippen molar-refractivity contribution in [3.05, 3.63) is 58.7 Å². The Morgan fingerprint density at radius 3 is 2.61 bits per heavy atom. The predicted molar refractivity (Wildman–Crippen MR) is 111 cm³/mol. The molecule has 0 saturated heterocycles. The fourth-order valence-electron chi connectivity index (χ4n) is 3.15. The number of nitrogen functional groups attached to an aromatic ring is 1. The number of para-hydroxylation sites is 1. The third kappa shape index (κ3) is 4.42. The highest BCUT2D eigenvalue weighted by molar-refractivity contribution is 7.97. The van der Waals surface area contributed by atoms with E-state index in [0.29, 0.717) is 15.6 Å². The Labute approximate surface area is 171 Å². The number of hydrogen-bond donors (Lipinski definition) is 2. The number of aryl methyl sites for hydroxylation is 2. The molecule has 0 radical (unpaired) electrons. The summed E-state index contributed by atoms with van der Waals surface area (Å²) in [6.45, 7) is 3.56. The van der Waals surface area contributed by atoms with E-state index in [1.807, 2.05) is 38.1 Å². The standard InChI is InChI=1S/C20H21ClF3N3S/c1-3-13-10-27(17-7-5-4-6-14(13)17)11-18(20(22,23)24)26-28-19-15(21)8-12(2)9-16(19)25/h4-10,18,26H,3,11,25H2,1-2H3. The SMILES string of the molecule is CCc1cn(CC(NSc2c(N)cc(C)cc2Cl)C(F)(F)F)c2ccccc12. The first kappa shape index (κ1) is 20.9. The molecule has 0 fully saturated rings. The minimum absolute atomic E-state index is 0.250. The molecule has 1 atom stereocenters. The van der Waals surface area contributed by atoms with Crippen molar-refractivity contribution in [2.45, 2.75) is 43.9 Å². The highest BCUT2D eigenvalue weighted by Gasteiger charge is 2.40. The molecule has 0 bridgehead atoms. The van der Waals surface area contributed by atoms with Gasteiger partial charge >= 0.3 is 6.18 Å². The van der Waals surface area contributed by atoms with E-state index in [1.165, 1.54) is 0 Å².